The highest BCUT2D eigenvalue weighted by Crippen LogP contribution is 2.21. The molecule has 1 atom stereocenters. The predicted molar refractivity (Wildman–Crippen MR) is 59.1 cm³/mol. The van der Waals surface area contributed by atoms with Crippen LogP contribution in [0.2, 0.25) is 0 Å². The van der Waals surface area contributed by atoms with Crippen molar-refractivity contribution >= 4 is 5.97 Å². The molecule has 0 aliphatic heterocycles. The molecule has 0 aromatic rings. The molecule has 0 unspecified atom stereocenters. The van der Waals surface area contributed by atoms with Gasteiger partial charge >= 0.3 is 5.97 Å². The summed E-state index contributed by atoms with van der Waals surface area (Å²) in [5.41, 5.74) is -0.485. The molecule has 0 N–H and O–H groups in total. The van der Waals surface area contributed by atoms with Gasteiger partial charge in [-0.3, -0.25) is 4.79 Å². The Morgan fingerprint density at radius 3 is 2.50 bits per heavy atom. The molecule has 0 rings (SSSR count). The average molecular weight is 198 g/mol. The van der Waals surface area contributed by atoms with E-state index in [9.17, 15) is 4.79 Å². The van der Waals surface area contributed by atoms with E-state index in [2.05, 4.69) is 20.4 Å². The number of ether oxygens (including phenoxy) is 1. The summed E-state index contributed by atoms with van der Waals surface area (Å²) in [6.45, 7) is 11.4. The normalized spacial score (nSPS) is 14.9. The Labute approximate surface area is 87.3 Å². The molecule has 0 aliphatic carbocycles. The molecule has 0 radical (unpaired) electrons. The summed E-state index contributed by atoms with van der Waals surface area (Å²) in [5.74, 6) is 0.457. The fraction of sp³-hybridized carbons (Fsp3) is 0.750. The standard InChI is InChI=1S/C12H22O2/c1-6-12(5,14-11(4)13)9-7-8-10(2)3/h6,10H,1,7-9H2,2-5H3/t12-/m1/s1. The van der Waals surface area contributed by atoms with E-state index >= 15 is 0 Å². The molecule has 0 amide bonds. The lowest BCUT2D eigenvalue weighted by Gasteiger charge is -2.25. The highest BCUT2D eigenvalue weighted by molar-refractivity contribution is 5.66. The Hall–Kier alpha value is -0.790. The zero-order valence-electron chi connectivity index (χ0n) is 9.80. The summed E-state index contributed by atoms with van der Waals surface area (Å²) in [7, 11) is 0. The summed E-state index contributed by atoms with van der Waals surface area (Å²) < 4.78 is 5.21. The van der Waals surface area contributed by atoms with Gasteiger partial charge in [0.2, 0.25) is 0 Å². The Balaban J connectivity index is 3.99. The SMILES string of the molecule is C=C[C@](C)(CCCC(C)C)OC(C)=O. The average Bonchev–Trinajstić information content (AvgIpc) is 2.02. The zero-order chi connectivity index (χ0) is 11.2. The van der Waals surface area contributed by atoms with E-state index < -0.39 is 5.60 Å². The summed E-state index contributed by atoms with van der Waals surface area (Å²) in [5, 5.41) is 0. The van der Waals surface area contributed by atoms with Gasteiger partial charge in [-0.05, 0) is 31.8 Å². The fourth-order valence-electron chi connectivity index (χ4n) is 1.38. The second-order valence-corrected chi connectivity index (χ2v) is 4.40. The van der Waals surface area contributed by atoms with Crippen LogP contribution in [0.5, 0.6) is 0 Å². The third-order valence-electron chi connectivity index (χ3n) is 2.26. The lowest BCUT2D eigenvalue weighted by Crippen LogP contribution is -2.28. The third-order valence-corrected chi connectivity index (χ3v) is 2.26. The minimum Gasteiger partial charge on any atom is -0.455 e. The van der Waals surface area contributed by atoms with Crippen molar-refractivity contribution in [2.24, 2.45) is 5.92 Å². The molecular formula is C12H22O2. The number of carbonyl (C=O) groups excluding carboxylic acids is 1. The second-order valence-electron chi connectivity index (χ2n) is 4.40. The number of esters is 1. The molecule has 0 aromatic carbocycles. The molecule has 14 heavy (non-hydrogen) atoms. The summed E-state index contributed by atoms with van der Waals surface area (Å²) in [4.78, 5) is 10.8. The van der Waals surface area contributed by atoms with Gasteiger partial charge in [-0.15, -0.1) is 0 Å². The first kappa shape index (κ1) is 13.2. The van der Waals surface area contributed by atoms with E-state index in [1.807, 2.05) is 6.92 Å². The highest BCUT2D eigenvalue weighted by atomic mass is 16.6. The first-order valence-electron chi connectivity index (χ1n) is 5.23. The van der Waals surface area contributed by atoms with Crippen molar-refractivity contribution < 1.29 is 9.53 Å². The molecule has 0 bridgehead atoms. The Morgan fingerprint density at radius 2 is 2.14 bits per heavy atom. The van der Waals surface area contributed by atoms with Gasteiger partial charge < -0.3 is 4.74 Å². The summed E-state index contributed by atoms with van der Waals surface area (Å²) >= 11 is 0. The van der Waals surface area contributed by atoms with Gasteiger partial charge in [-0.25, -0.2) is 0 Å². The molecule has 0 aliphatic rings. The van der Waals surface area contributed by atoms with Crippen LogP contribution in [-0.2, 0) is 9.53 Å². The smallest absolute Gasteiger partial charge is 0.303 e. The van der Waals surface area contributed by atoms with Crippen LogP contribution in [0.3, 0.4) is 0 Å². The zero-order valence-corrected chi connectivity index (χ0v) is 9.80. The van der Waals surface area contributed by atoms with Gasteiger partial charge in [0.15, 0.2) is 0 Å². The maximum atomic E-state index is 10.8. The van der Waals surface area contributed by atoms with Gasteiger partial charge in [0.05, 0.1) is 0 Å². The van der Waals surface area contributed by atoms with E-state index in [4.69, 9.17) is 4.74 Å². The third kappa shape index (κ3) is 5.79. The Kier molecular flexibility index (Phi) is 5.51. The van der Waals surface area contributed by atoms with Crippen molar-refractivity contribution in [3.8, 4) is 0 Å². The van der Waals surface area contributed by atoms with Gasteiger partial charge in [-0.1, -0.05) is 26.8 Å². The topological polar surface area (TPSA) is 26.3 Å². The molecule has 0 saturated carbocycles. The van der Waals surface area contributed by atoms with Crippen LogP contribution in [0.25, 0.3) is 0 Å². The predicted octanol–water partition coefficient (Wildman–Crippen LogP) is 3.32. The van der Waals surface area contributed by atoms with Crippen molar-refractivity contribution in [2.45, 2.75) is 52.6 Å². The molecule has 0 aromatic heterocycles. The van der Waals surface area contributed by atoms with Crippen molar-refractivity contribution in [3.63, 3.8) is 0 Å². The van der Waals surface area contributed by atoms with Crippen LogP contribution in [0, 0.1) is 5.92 Å². The molecule has 2 nitrogen and oxygen atoms in total. The number of rotatable bonds is 6. The van der Waals surface area contributed by atoms with Gasteiger partial charge in [0.25, 0.3) is 0 Å². The van der Waals surface area contributed by atoms with Crippen LogP contribution >= 0.6 is 0 Å². The van der Waals surface area contributed by atoms with Gasteiger partial charge in [0, 0.05) is 6.92 Å². The van der Waals surface area contributed by atoms with Crippen molar-refractivity contribution in [1.29, 1.82) is 0 Å². The lowest BCUT2D eigenvalue weighted by atomic mass is 9.96. The monoisotopic (exact) mass is 198 g/mol. The number of hydrogen-bond donors (Lipinski definition) is 0. The minimum absolute atomic E-state index is 0.239. The van der Waals surface area contributed by atoms with Crippen molar-refractivity contribution in [2.75, 3.05) is 0 Å². The molecule has 0 heterocycles. The molecule has 82 valence electrons. The Bertz CT molecular complexity index is 196. The first-order chi connectivity index (χ1) is 6.39. The number of carbonyl (C=O) groups is 1. The summed E-state index contributed by atoms with van der Waals surface area (Å²) in [6.07, 6.45) is 4.79. The van der Waals surface area contributed by atoms with Gasteiger partial charge in [0.1, 0.15) is 5.60 Å². The van der Waals surface area contributed by atoms with Crippen LogP contribution in [0.15, 0.2) is 12.7 Å². The van der Waals surface area contributed by atoms with Crippen molar-refractivity contribution in [1.82, 2.24) is 0 Å². The van der Waals surface area contributed by atoms with Gasteiger partial charge in [-0.2, -0.15) is 0 Å². The largest absolute Gasteiger partial charge is 0.455 e. The molecule has 0 spiro atoms. The molecule has 0 saturated heterocycles. The van der Waals surface area contributed by atoms with E-state index in [0.29, 0.717) is 5.92 Å². The highest BCUT2D eigenvalue weighted by Gasteiger charge is 2.22. The van der Waals surface area contributed by atoms with E-state index in [0.717, 1.165) is 19.3 Å². The second kappa shape index (κ2) is 5.84. The van der Waals surface area contributed by atoms with E-state index in [1.54, 1.807) is 6.08 Å². The van der Waals surface area contributed by atoms with Crippen molar-refractivity contribution in [3.05, 3.63) is 12.7 Å². The van der Waals surface area contributed by atoms with E-state index in [-0.39, 0.29) is 5.97 Å². The summed E-state index contributed by atoms with van der Waals surface area (Å²) in [6, 6.07) is 0. The molecule has 0 fully saturated rings. The maximum Gasteiger partial charge on any atom is 0.303 e. The Morgan fingerprint density at radius 1 is 1.57 bits per heavy atom. The fourth-order valence-corrected chi connectivity index (χ4v) is 1.38. The molecule has 2 heteroatoms. The maximum absolute atomic E-state index is 10.8. The quantitative estimate of drug-likeness (QED) is 0.483. The van der Waals surface area contributed by atoms with Crippen LogP contribution < -0.4 is 0 Å². The van der Waals surface area contributed by atoms with Crippen LogP contribution in [0.4, 0.5) is 0 Å². The van der Waals surface area contributed by atoms with E-state index in [1.165, 1.54) is 6.92 Å². The lowest BCUT2D eigenvalue weighted by molar-refractivity contribution is -0.151. The van der Waals surface area contributed by atoms with Crippen LogP contribution in [-0.4, -0.2) is 11.6 Å². The number of hydrogen-bond acceptors (Lipinski definition) is 2. The first-order valence-corrected chi connectivity index (χ1v) is 5.23. The van der Waals surface area contributed by atoms with Crippen LogP contribution in [0.1, 0.15) is 47.0 Å². The minimum atomic E-state index is -0.485. The molecular weight excluding hydrogens is 176 g/mol.